The van der Waals surface area contributed by atoms with Gasteiger partial charge in [0.2, 0.25) is 5.91 Å². The first kappa shape index (κ1) is 49.9. The van der Waals surface area contributed by atoms with Gasteiger partial charge >= 0.3 is 0 Å². The third-order valence-corrected chi connectivity index (χ3v) is 10.8. The molecule has 9 heteroatoms. The fraction of sp³-hybridized carbons (Fsp3) is 0.932. The summed E-state index contributed by atoms with van der Waals surface area (Å²) in [5.74, 6) is -0.229. The van der Waals surface area contributed by atoms with Crippen LogP contribution in [-0.2, 0) is 14.3 Å². The standard InChI is InChI=1S/C44H85NO8/c1-3-5-6-7-8-9-10-11-12-13-14-15-16-17-18-19-20-21-22-23-24-25-26-27-28-29-30-31-32-34-38(47)37(45-40(48)33-4-2)36-52-44-43(51)42(50)41(49)39(35-46)53-44/h32,34,37-39,41-44,46-47,49-51H,3-31,33,35-36H2,1-2H3,(H,45,48)/b34-32+. The van der Waals surface area contributed by atoms with Crippen molar-refractivity contribution in [2.45, 2.75) is 249 Å². The number of aliphatic hydroxyl groups excluding tert-OH is 5. The van der Waals surface area contributed by atoms with Crippen molar-refractivity contribution in [1.82, 2.24) is 5.32 Å². The van der Waals surface area contributed by atoms with Crippen molar-refractivity contribution in [3.63, 3.8) is 0 Å². The maximum Gasteiger partial charge on any atom is 0.220 e. The minimum Gasteiger partial charge on any atom is -0.394 e. The van der Waals surface area contributed by atoms with E-state index < -0.39 is 49.5 Å². The molecule has 1 aliphatic heterocycles. The topological polar surface area (TPSA) is 149 Å². The third kappa shape index (κ3) is 26.4. The monoisotopic (exact) mass is 756 g/mol. The SMILES string of the molecule is CCCCCCCCCCCCCCCCCCCCCCCCCCCCC/C=C/C(O)C(COC1OC(CO)C(O)C(O)C1O)NC(=O)CCC. The molecular weight excluding hydrogens is 670 g/mol. The third-order valence-electron chi connectivity index (χ3n) is 10.8. The van der Waals surface area contributed by atoms with Crippen molar-refractivity contribution < 1.29 is 39.8 Å². The highest BCUT2D eigenvalue weighted by Crippen LogP contribution is 2.23. The molecule has 7 atom stereocenters. The predicted molar refractivity (Wildman–Crippen MR) is 217 cm³/mol. The Morgan fingerprint density at radius 1 is 0.623 bits per heavy atom. The highest BCUT2D eigenvalue weighted by molar-refractivity contribution is 5.76. The van der Waals surface area contributed by atoms with E-state index in [-0.39, 0.29) is 12.5 Å². The highest BCUT2D eigenvalue weighted by Gasteiger charge is 2.44. The van der Waals surface area contributed by atoms with E-state index in [0.29, 0.717) is 12.8 Å². The Labute approximate surface area is 325 Å². The van der Waals surface area contributed by atoms with E-state index in [2.05, 4.69) is 12.2 Å². The van der Waals surface area contributed by atoms with Crippen molar-refractivity contribution >= 4 is 5.91 Å². The summed E-state index contributed by atoms with van der Waals surface area (Å²) in [5.41, 5.74) is 0. The molecule has 1 rings (SSSR count). The second-order valence-electron chi connectivity index (χ2n) is 15.9. The number of ether oxygens (including phenoxy) is 2. The number of hydrogen-bond donors (Lipinski definition) is 6. The smallest absolute Gasteiger partial charge is 0.220 e. The molecule has 7 unspecified atom stereocenters. The Balaban J connectivity index is 1.99. The first-order valence-electron chi connectivity index (χ1n) is 22.4. The number of carbonyl (C=O) groups excluding carboxylic acids is 1. The van der Waals surface area contributed by atoms with Gasteiger partial charge in [-0.25, -0.2) is 0 Å². The van der Waals surface area contributed by atoms with Gasteiger partial charge < -0.3 is 40.3 Å². The molecular formula is C44H85NO8. The lowest BCUT2D eigenvalue weighted by molar-refractivity contribution is -0.302. The Morgan fingerprint density at radius 3 is 1.43 bits per heavy atom. The van der Waals surface area contributed by atoms with Crippen LogP contribution >= 0.6 is 0 Å². The van der Waals surface area contributed by atoms with E-state index in [9.17, 15) is 30.3 Å². The van der Waals surface area contributed by atoms with Crippen LogP contribution in [0.25, 0.3) is 0 Å². The molecule has 0 aromatic carbocycles. The molecule has 0 aromatic heterocycles. The second kappa shape index (κ2) is 35.4. The van der Waals surface area contributed by atoms with Gasteiger partial charge in [-0.3, -0.25) is 4.79 Å². The lowest BCUT2D eigenvalue weighted by Crippen LogP contribution is -2.60. The Hall–Kier alpha value is -1.07. The van der Waals surface area contributed by atoms with Gasteiger partial charge in [-0.1, -0.05) is 193 Å². The van der Waals surface area contributed by atoms with Crippen molar-refractivity contribution in [2.75, 3.05) is 13.2 Å². The van der Waals surface area contributed by atoms with E-state index in [4.69, 9.17) is 9.47 Å². The molecule has 314 valence electrons. The fourth-order valence-corrected chi connectivity index (χ4v) is 7.26. The molecule has 1 aliphatic rings. The van der Waals surface area contributed by atoms with Gasteiger partial charge in [0.05, 0.1) is 25.4 Å². The molecule has 9 nitrogen and oxygen atoms in total. The van der Waals surface area contributed by atoms with Gasteiger partial charge in [0.25, 0.3) is 0 Å². The maximum absolute atomic E-state index is 12.3. The number of aliphatic hydroxyl groups is 5. The molecule has 0 aliphatic carbocycles. The Morgan fingerprint density at radius 2 is 1.04 bits per heavy atom. The fourth-order valence-electron chi connectivity index (χ4n) is 7.26. The molecule has 0 spiro atoms. The largest absolute Gasteiger partial charge is 0.394 e. The second-order valence-corrected chi connectivity index (χ2v) is 15.9. The highest BCUT2D eigenvalue weighted by atomic mass is 16.7. The summed E-state index contributed by atoms with van der Waals surface area (Å²) < 4.78 is 11.0. The van der Waals surface area contributed by atoms with Crippen molar-refractivity contribution in [3.8, 4) is 0 Å². The maximum atomic E-state index is 12.3. The Bertz CT molecular complexity index is 842. The summed E-state index contributed by atoms with van der Waals surface area (Å²) in [5, 5.41) is 53.2. The van der Waals surface area contributed by atoms with E-state index >= 15 is 0 Å². The molecule has 0 aromatic rings. The van der Waals surface area contributed by atoms with E-state index in [1.807, 2.05) is 13.0 Å². The number of allylic oxidation sites excluding steroid dienone is 1. The molecule has 1 fully saturated rings. The lowest BCUT2D eigenvalue weighted by atomic mass is 9.99. The van der Waals surface area contributed by atoms with Gasteiger partial charge in [-0.15, -0.1) is 0 Å². The summed E-state index contributed by atoms with van der Waals surface area (Å²) in [6.45, 7) is 3.42. The molecule has 53 heavy (non-hydrogen) atoms. The summed E-state index contributed by atoms with van der Waals surface area (Å²) in [6, 6.07) is -0.795. The zero-order valence-corrected chi connectivity index (χ0v) is 34.3. The van der Waals surface area contributed by atoms with Crippen LogP contribution in [0.4, 0.5) is 0 Å². The molecule has 1 heterocycles. The van der Waals surface area contributed by atoms with Crippen LogP contribution in [0, 0.1) is 0 Å². The first-order valence-corrected chi connectivity index (χ1v) is 22.4. The number of hydrogen-bond acceptors (Lipinski definition) is 8. The molecule has 1 saturated heterocycles. The van der Waals surface area contributed by atoms with Crippen molar-refractivity contribution in [1.29, 1.82) is 0 Å². The minimum atomic E-state index is -1.56. The van der Waals surface area contributed by atoms with Crippen LogP contribution in [0.2, 0.25) is 0 Å². The normalized spacial score (nSPS) is 21.7. The number of carbonyl (C=O) groups is 1. The van der Waals surface area contributed by atoms with E-state index in [1.54, 1.807) is 6.08 Å². The van der Waals surface area contributed by atoms with Crippen LogP contribution in [-0.4, -0.2) is 87.5 Å². The zero-order chi connectivity index (χ0) is 38.8. The molecule has 0 saturated carbocycles. The summed E-state index contributed by atoms with van der Waals surface area (Å²) in [6.07, 6.45) is 34.6. The number of amides is 1. The van der Waals surface area contributed by atoms with Crippen molar-refractivity contribution in [3.05, 3.63) is 12.2 Å². The number of nitrogens with one attached hydrogen (secondary N) is 1. The van der Waals surface area contributed by atoms with Crippen LogP contribution in [0.3, 0.4) is 0 Å². The van der Waals surface area contributed by atoms with Crippen LogP contribution in [0.1, 0.15) is 206 Å². The molecule has 0 radical (unpaired) electrons. The first-order chi connectivity index (χ1) is 25.8. The van der Waals surface area contributed by atoms with Gasteiger partial charge in [-0.2, -0.15) is 0 Å². The average molecular weight is 756 g/mol. The van der Waals surface area contributed by atoms with Gasteiger partial charge in [0.15, 0.2) is 6.29 Å². The van der Waals surface area contributed by atoms with Gasteiger partial charge in [-0.05, 0) is 19.3 Å². The summed E-state index contributed by atoms with van der Waals surface area (Å²) in [7, 11) is 0. The predicted octanol–water partition coefficient (Wildman–Crippen LogP) is 8.95. The van der Waals surface area contributed by atoms with Crippen molar-refractivity contribution in [2.24, 2.45) is 0 Å². The molecule has 0 bridgehead atoms. The minimum absolute atomic E-state index is 0.191. The average Bonchev–Trinajstić information content (AvgIpc) is 3.15. The molecule has 1 amide bonds. The van der Waals surface area contributed by atoms with Crippen LogP contribution in [0.15, 0.2) is 12.2 Å². The summed E-state index contributed by atoms with van der Waals surface area (Å²) >= 11 is 0. The zero-order valence-electron chi connectivity index (χ0n) is 34.3. The van der Waals surface area contributed by atoms with Gasteiger partial charge in [0, 0.05) is 6.42 Å². The number of unbranched alkanes of at least 4 members (excludes halogenated alkanes) is 27. The number of rotatable bonds is 37. The Kier molecular flexibility index (Phi) is 33.3. The lowest BCUT2D eigenvalue weighted by Gasteiger charge is -2.40. The van der Waals surface area contributed by atoms with Gasteiger partial charge in [0.1, 0.15) is 24.4 Å². The van der Waals surface area contributed by atoms with Crippen LogP contribution in [0.5, 0.6) is 0 Å². The van der Waals surface area contributed by atoms with Crippen LogP contribution < -0.4 is 5.32 Å². The quantitative estimate of drug-likeness (QED) is 0.0272. The van der Waals surface area contributed by atoms with E-state index in [1.165, 1.54) is 161 Å². The molecule has 6 N–H and O–H groups in total. The summed E-state index contributed by atoms with van der Waals surface area (Å²) in [4.78, 5) is 12.3. The van der Waals surface area contributed by atoms with E-state index in [0.717, 1.165) is 19.3 Å².